The standard InChI is InChI=1S/C27H39N3O6/c1-5-8-15-28-24(33)22-27-14-13-26(4,36-27)20(21(27)25(34)30(22)18(6-2)16-31)23(32)29-17-9-11-19(12-10-17)35-7-3/h9-12,18,20-22,31H,5-8,13-16H2,1-4H3,(H,28,33)(H,29,32)/t18-,20-,21-,22?,26+,27?/m0/s1. The van der Waals surface area contributed by atoms with Crippen LogP contribution in [0.3, 0.4) is 0 Å². The molecule has 0 radical (unpaired) electrons. The van der Waals surface area contributed by atoms with Crippen molar-refractivity contribution in [1.29, 1.82) is 0 Å². The number of hydrogen-bond donors (Lipinski definition) is 3. The lowest BCUT2D eigenvalue weighted by Gasteiger charge is -2.36. The summed E-state index contributed by atoms with van der Waals surface area (Å²) in [5.74, 6) is -1.70. The van der Waals surface area contributed by atoms with Gasteiger partial charge in [0.05, 0.1) is 36.7 Å². The fourth-order valence-corrected chi connectivity index (χ4v) is 6.38. The molecule has 6 atom stereocenters. The summed E-state index contributed by atoms with van der Waals surface area (Å²) in [6, 6.07) is 5.69. The molecule has 4 rings (SSSR count). The molecule has 3 aliphatic rings. The van der Waals surface area contributed by atoms with Crippen molar-refractivity contribution in [2.45, 2.75) is 83.1 Å². The topological polar surface area (TPSA) is 117 Å². The van der Waals surface area contributed by atoms with Crippen molar-refractivity contribution >= 4 is 23.4 Å². The second-order valence-corrected chi connectivity index (χ2v) is 10.3. The predicted octanol–water partition coefficient (Wildman–Crippen LogP) is 2.48. The molecule has 9 nitrogen and oxygen atoms in total. The summed E-state index contributed by atoms with van der Waals surface area (Å²) in [6.45, 7) is 8.48. The number of hydrogen-bond acceptors (Lipinski definition) is 6. The summed E-state index contributed by atoms with van der Waals surface area (Å²) in [5.41, 5.74) is -1.35. The molecule has 1 aromatic rings. The van der Waals surface area contributed by atoms with Crippen molar-refractivity contribution in [2.24, 2.45) is 11.8 Å². The Morgan fingerprint density at radius 2 is 1.92 bits per heavy atom. The van der Waals surface area contributed by atoms with E-state index >= 15 is 0 Å². The Labute approximate surface area is 212 Å². The number of nitrogens with one attached hydrogen (secondary N) is 2. The lowest BCUT2D eigenvalue weighted by molar-refractivity contribution is -0.148. The van der Waals surface area contributed by atoms with Gasteiger partial charge in [0.25, 0.3) is 0 Å². The molecule has 1 aromatic carbocycles. The Morgan fingerprint density at radius 1 is 1.19 bits per heavy atom. The minimum atomic E-state index is -1.09. The number of carbonyl (C=O) groups excluding carboxylic acids is 3. The van der Waals surface area contributed by atoms with Gasteiger partial charge in [0.15, 0.2) is 0 Å². The van der Waals surface area contributed by atoms with Crippen molar-refractivity contribution in [1.82, 2.24) is 10.2 Å². The molecule has 2 bridgehead atoms. The first-order valence-corrected chi connectivity index (χ1v) is 13.2. The van der Waals surface area contributed by atoms with Gasteiger partial charge in [-0.2, -0.15) is 0 Å². The third-order valence-corrected chi connectivity index (χ3v) is 8.08. The summed E-state index contributed by atoms with van der Waals surface area (Å²) in [7, 11) is 0. The Bertz CT molecular complexity index is 980. The molecule has 3 fully saturated rings. The van der Waals surface area contributed by atoms with E-state index in [1.165, 1.54) is 4.90 Å². The Morgan fingerprint density at radius 3 is 2.53 bits per heavy atom. The van der Waals surface area contributed by atoms with E-state index in [0.717, 1.165) is 12.8 Å². The molecule has 0 saturated carbocycles. The first-order chi connectivity index (χ1) is 17.3. The number of carbonyl (C=O) groups is 3. The Balaban J connectivity index is 1.65. The molecule has 0 aliphatic carbocycles. The van der Waals surface area contributed by atoms with E-state index in [2.05, 4.69) is 10.6 Å². The number of aliphatic hydroxyl groups is 1. The molecule has 36 heavy (non-hydrogen) atoms. The Kier molecular flexibility index (Phi) is 7.61. The van der Waals surface area contributed by atoms with E-state index in [0.29, 0.717) is 43.9 Å². The number of aliphatic hydroxyl groups excluding tert-OH is 1. The van der Waals surface area contributed by atoms with Crippen molar-refractivity contribution in [3.8, 4) is 5.75 Å². The van der Waals surface area contributed by atoms with Gasteiger partial charge < -0.3 is 30.1 Å². The second-order valence-electron chi connectivity index (χ2n) is 10.3. The van der Waals surface area contributed by atoms with Gasteiger partial charge in [-0.25, -0.2) is 0 Å². The number of amides is 3. The Hall–Kier alpha value is -2.65. The molecule has 3 heterocycles. The van der Waals surface area contributed by atoms with E-state index in [1.54, 1.807) is 24.3 Å². The fourth-order valence-electron chi connectivity index (χ4n) is 6.38. The average Bonchev–Trinajstić information content (AvgIpc) is 3.42. The minimum absolute atomic E-state index is 0.260. The predicted molar refractivity (Wildman–Crippen MR) is 134 cm³/mol. The first-order valence-electron chi connectivity index (χ1n) is 13.2. The summed E-state index contributed by atoms with van der Waals surface area (Å²) in [6.07, 6.45) is 3.32. The smallest absolute Gasteiger partial charge is 0.245 e. The molecule has 3 saturated heterocycles. The largest absolute Gasteiger partial charge is 0.494 e. The molecule has 9 heteroatoms. The lowest BCUT2D eigenvalue weighted by atomic mass is 9.66. The normalized spacial score (nSPS) is 31.3. The number of benzene rings is 1. The van der Waals surface area contributed by atoms with Crippen LogP contribution in [0.2, 0.25) is 0 Å². The molecular weight excluding hydrogens is 462 g/mol. The number of ether oxygens (including phenoxy) is 2. The summed E-state index contributed by atoms with van der Waals surface area (Å²) >= 11 is 0. The number of unbranched alkanes of at least 4 members (excludes halogenated alkanes) is 1. The molecular formula is C27H39N3O6. The van der Waals surface area contributed by atoms with Crippen LogP contribution in [0.4, 0.5) is 5.69 Å². The maximum atomic E-state index is 14.0. The molecule has 198 valence electrons. The summed E-state index contributed by atoms with van der Waals surface area (Å²) in [4.78, 5) is 42.6. The first kappa shape index (κ1) is 26.4. The summed E-state index contributed by atoms with van der Waals surface area (Å²) < 4.78 is 12.1. The van der Waals surface area contributed by atoms with Gasteiger partial charge in [0.1, 0.15) is 17.4 Å². The quantitative estimate of drug-likeness (QED) is 0.401. The maximum Gasteiger partial charge on any atom is 0.245 e. The van der Waals surface area contributed by atoms with Gasteiger partial charge in [-0.1, -0.05) is 20.3 Å². The zero-order valence-electron chi connectivity index (χ0n) is 21.7. The van der Waals surface area contributed by atoms with Gasteiger partial charge in [0.2, 0.25) is 17.7 Å². The lowest BCUT2D eigenvalue weighted by Crippen LogP contribution is -2.58. The van der Waals surface area contributed by atoms with Crippen LogP contribution in [-0.4, -0.2) is 70.8 Å². The van der Waals surface area contributed by atoms with Crippen molar-refractivity contribution in [3.05, 3.63) is 24.3 Å². The average molecular weight is 502 g/mol. The highest BCUT2D eigenvalue weighted by molar-refractivity contribution is 6.02. The van der Waals surface area contributed by atoms with Crippen LogP contribution < -0.4 is 15.4 Å². The molecule has 1 spiro atoms. The number of rotatable bonds is 11. The monoisotopic (exact) mass is 501 g/mol. The van der Waals surface area contributed by atoms with Crippen LogP contribution in [0.5, 0.6) is 5.75 Å². The number of likely N-dealkylation sites (tertiary alicyclic amines) is 1. The van der Waals surface area contributed by atoms with E-state index in [1.807, 2.05) is 27.7 Å². The number of fused-ring (bicyclic) bond motifs is 1. The van der Waals surface area contributed by atoms with Gasteiger partial charge in [-0.05, 0) is 63.8 Å². The van der Waals surface area contributed by atoms with Crippen LogP contribution in [0.15, 0.2) is 24.3 Å². The van der Waals surface area contributed by atoms with E-state index in [-0.39, 0.29) is 24.3 Å². The van der Waals surface area contributed by atoms with Crippen molar-refractivity contribution < 1.29 is 29.0 Å². The second kappa shape index (κ2) is 10.4. The fraction of sp³-hybridized carbons (Fsp3) is 0.667. The maximum absolute atomic E-state index is 14.0. The van der Waals surface area contributed by atoms with Crippen LogP contribution in [0.25, 0.3) is 0 Å². The molecule has 3 N–H and O–H groups in total. The van der Waals surface area contributed by atoms with Crippen molar-refractivity contribution in [3.63, 3.8) is 0 Å². The third-order valence-electron chi connectivity index (χ3n) is 8.08. The highest BCUT2D eigenvalue weighted by Crippen LogP contribution is 2.63. The van der Waals surface area contributed by atoms with Gasteiger partial charge in [-0.15, -0.1) is 0 Å². The van der Waals surface area contributed by atoms with Crippen molar-refractivity contribution in [2.75, 3.05) is 25.1 Å². The zero-order valence-corrected chi connectivity index (χ0v) is 21.7. The minimum Gasteiger partial charge on any atom is -0.494 e. The molecule has 2 unspecified atom stereocenters. The molecule has 3 aliphatic heterocycles. The molecule has 0 aromatic heterocycles. The van der Waals surface area contributed by atoms with Crippen LogP contribution in [-0.2, 0) is 19.1 Å². The van der Waals surface area contributed by atoms with E-state index in [9.17, 15) is 19.5 Å². The highest BCUT2D eigenvalue weighted by atomic mass is 16.5. The van der Waals surface area contributed by atoms with Crippen LogP contribution in [0, 0.1) is 11.8 Å². The van der Waals surface area contributed by atoms with E-state index in [4.69, 9.17) is 9.47 Å². The highest BCUT2D eigenvalue weighted by Gasteiger charge is 2.78. The number of anilines is 1. The molecule has 3 amide bonds. The SMILES string of the molecule is CCCCNC(=O)C1N([C@@H](CC)CO)C(=O)[C@@H]2[C@@H](C(=O)Nc3ccc(OCC)cc3)[C@@]3(C)CCC12O3. The van der Waals surface area contributed by atoms with Gasteiger partial charge in [0, 0.05) is 12.2 Å². The zero-order chi connectivity index (χ0) is 26.1. The number of nitrogens with zero attached hydrogens (tertiary/aromatic N) is 1. The van der Waals surface area contributed by atoms with Gasteiger partial charge >= 0.3 is 0 Å². The van der Waals surface area contributed by atoms with E-state index < -0.39 is 35.1 Å². The van der Waals surface area contributed by atoms with Crippen LogP contribution >= 0.6 is 0 Å². The van der Waals surface area contributed by atoms with Gasteiger partial charge in [-0.3, -0.25) is 14.4 Å². The third kappa shape index (κ3) is 4.26. The van der Waals surface area contributed by atoms with Crippen LogP contribution in [0.1, 0.15) is 59.8 Å². The summed E-state index contributed by atoms with van der Waals surface area (Å²) in [5, 5.41) is 16.0.